The summed E-state index contributed by atoms with van der Waals surface area (Å²) >= 11 is 0. The Morgan fingerprint density at radius 1 is 1.00 bits per heavy atom. The van der Waals surface area contributed by atoms with Crippen LogP contribution in [0.5, 0.6) is 0 Å². The van der Waals surface area contributed by atoms with Crippen molar-refractivity contribution in [3.05, 3.63) is 89.2 Å². The second-order valence-corrected chi connectivity index (χ2v) is 7.79. The van der Waals surface area contributed by atoms with Gasteiger partial charge in [-0.15, -0.1) is 12.4 Å². The lowest BCUT2D eigenvalue weighted by Gasteiger charge is -2.36. The number of nitrogens with zero attached hydrogens (tertiary/aromatic N) is 3. The Morgan fingerprint density at radius 2 is 1.77 bits per heavy atom. The van der Waals surface area contributed by atoms with Gasteiger partial charge in [0.2, 0.25) is 5.95 Å². The van der Waals surface area contributed by atoms with E-state index in [1.165, 1.54) is 23.3 Å². The fourth-order valence-corrected chi connectivity index (χ4v) is 4.28. The smallest absolute Gasteiger partial charge is 0.229 e. The van der Waals surface area contributed by atoms with E-state index in [1.807, 2.05) is 25.1 Å². The lowest BCUT2D eigenvalue weighted by atomic mass is 9.93. The lowest BCUT2D eigenvalue weighted by Crippen LogP contribution is -2.34. The second kappa shape index (κ2) is 8.52. The summed E-state index contributed by atoms with van der Waals surface area (Å²) < 4.78 is 13.5. The van der Waals surface area contributed by atoms with Crippen LogP contribution in [0, 0.1) is 12.7 Å². The van der Waals surface area contributed by atoms with Crippen LogP contribution in [0.15, 0.2) is 66.7 Å². The first kappa shape index (κ1) is 21.1. The molecule has 0 saturated carbocycles. The topological polar surface area (TPSA) is 41.1 Å². The van der Waals surface area contributed by atoms with Gasteiger partial charge < -0.3 is 10.2 Å². The highest BCUT2D eigenvalue weighted by molar-refractivity contribution is 5.91. The number of aromatic nitrogens is 2. The van der Waals surface area contributed by atoms with E-state index in [4.69, 9.17) is 9.97 Å². The number of benzene rings is 3. The highest BCUT2D eigenvalue weighted by atomic mass is 35.5. The molecular weight excluding hydrogens is 411 g/mol. The highest BCUT2D eigenvalue weighted by Crippen LogP contribution is 2.36. The van der Waals surface area contributed by atoms with Crippen LogP contribution in [-0.2, 0) is 6.42 Å². The van der Waals surface area contributed by atoms with Gasteiger partial charge in [0.05, 0.1) is 11.6 Å². The fourth-order valence-electron chi connectivity index (χ4n) is 4.28. The van der Waals surface area contributed by atoms with Crippen molar-refractivity contribution in [1.82, 2.24) is 9.97 Å². The zero-order valence-electron chi connectivity index (χ0n) is 17.5. The first-order valence-corrected chi connectivity index (χ1v) is 10.2. The molecule has 6 heteroatoms. The van der Waals surface area contributed by atoms with Gasteiger partial charge in [0, 0.05) is 17.6 Å². The number of halogens is 2. The molecule has 0 fully saturated rings. The Labute approximate surface area is 187 Å². The molecule has 0 radical (unpaired) electrons. The van der Waals surface area contributed by atoms with Gasteiger partial charge in [0.1, 0.15) is 11.6 Å². The van der Waals surface area contributed by atoms with E-state index < -0.39 is 0 Å². The number of hydrogen-bond donors (Lipinski definition) is 1. The van der Waals surface area contributed by atoms with Gasteiger partial charge in [-0.05, 0) is 67.3 Å². The van der Waals surface area contributed by atoms with E-state index in [2.05, 4.69) is 47.5 Å². The van der Waals surface area contributed by atoms with Gasteiger partial charge in [-0.25, -0.2) is 9.37 Å². The van der Waals surface area contributed by atoms with Crippen LogP contribution in [0.3, 0.4) is 0 Å². The van der Waals surface area contributed by atoms with Crippen molar-refractivity contribution in [2.24, 2.45) is 0 Å². The van der Waals surface area contributed by atoms with Crippen molar-refractivity contribution in [3.63, 3.8) is 0 Å². The number of rotatable bonds is 3. The summed E-state index contributed by atoms with van der Waals surface area (Å²) in [6.07, 6.45) is 0.985. The third-order valence-electron chi connectivity index (χ3n) is 5.88. The molecule has 0 aliphatic carbocycles. The van der Waals surface area contributed by atoms with Gasteiger partial charge in [-0.3, -0.25) is 0 Å². The Hall–Kier alpha value is -3.18. The molecule has 0 amide bonds. The average molecular weight is 435 g/mol. The van der Waals surface area contributed by atoms with E-state index in [0.717, 1.165) is 40.9 Å². The third-order valence-corrected chi connectivity index (χ3v) is 5.88. The van der Waals surface area contributed by atoms with Gasteiger partial charge in [-0.2, -0.15) is 4.98 Å². The fraction of sp³-hybridized carbons (Fsp3) is 0.200. The molecule has 2 heterocycles. The maximum absolute atomic E-state index is 13.5. The predicted molar refractivity (Wildman–Crippen MR) is 127 cm³/mol. The van der Waals surface area contributed by atoms with Crippen LogP contribution in [0.2, 0.25) is 0 Å². The van der Waals surface area contributed by atoms with Crippen LogP contribution in [0.1, 0.15) is 29.7 Å². The molecule has 3 aromatic carbocycles. The molecule has 4 aromatic rings. The van der Waals surface area contributed by atoms with Gasteiger partial charge in [-0.1, -0.05) is 36.4 Å². The molecule has 1 N–H and O–H groups in total. The van der Waals surface area contributed by atoms with Gasteiger partial charge >= 0.3 is 0 Å². The monoisotopic (exact) mass is 434 g/mol. The van der Waals surface area contributed by atoms with Crippen LogP contribution >= 0.6 is 12.4 Å². The van der Waals surface area contributed by atoms with Crippen LogP contribution in [-0.4, -0.2) is 16.5 Å². The molecule has 1 aliphatic rings. The first-order valence-electron chi connectivity index (χ1n) is 10.2. The molecule has 0 spiro atoms. The number of aryl methyl sites for hydroxylation is 1. The Morgan fingerprint density at radius 3 is 2.61 bits per heavy atom. The SMILES string of the molecule is Cc1cc(F)ccc1Nc1nc(N2CCc3ccccc3C2C)c2ccccc2n1.Cl. The predicted octanol–water partition coefficient (Wildman–Crippen LogP) is 6.37. The number of anilines is 3. The van der Waals surface area contributed by atoms with E-state index in [-0.39, 0.29) is 24.3 Å². The van der Waals surface area contributed by atoms with Crippen molar-refractivity contribution >= 4 is 40.8 Å². The standard InChI is InChI=1S/C25H23FN4.ClH/c1-16-15-19(26)11-12-22(16)27-25-28-23-10-6-5-9-21(23)24(29-25)30-14-13-18-7-3-4-8-20(18)17(30)2;/h3-12,15,17H,13-14H2,1-2H3,(H,27,28,29);1H. The van der Waals surface area contributed by atoms with Gasteiger partial charge in [0.15, 0.2) is 0 Å². The maximum Gasteiger partial charge on any atom is 0.229 e. The number of fused-ring (bicyclic) bond motifs is 2. The lowest BCUT2D eigenvalue weighted by molar-refractivity contribution is 0.619. The largest absolute Gasteiger partial charge is 0.349 e. The minimum absolute atomic E-state index is 0. The summed E-state index contributed by atoms with van der Waals surface area (Å²) in [6.45, 7) is 5.00. The molecule has 1 unspecified atom stereocenters. The Kier molecular flexibility index (Phi) is 5.79. The second-order valence-electron chi connectivity index (χ2n) is 7.79. The molecule has 5 rings (SSSR count). The number of hydrogen-bond acceptors (Lipinski definition) is 4. The van der Waals surface area contributed by atoms with Crippen molar-refractivity contribution in [1.29, 1.82) is 0 Å². The first-order chi connectivity index (χ1) is 14.6. The summed E-state index contributed by atoms with van der Waals surface area (Å²) in [4.78, 5) is 12.0. The summed E-state index contributed by atoms with van der Waals surface area (Å²) in [5.41, 5.74) is 5.24. The quantitative estimate of drug-likeness (QED) is 0.407. The molecular formula is C25H24ClFN4. The minimum Gasteiger partial charge on any atom is -0.349 e. The van der Waals surface area contributed by atoms with E-state index in [1.54, 1.807) is 6.07 Å². The number of para-hydroxylation sites is 1. The summed E-state index contributed by atoms with van der Waals surface area (Å²) in [5, 5.41) is 4.32. The molecule has 1 atom stereocenters. The molecule has 158 valence electrons. The van der Waals surface area contributed by atoms with Crippen LogP contribution in [0.4, 0.5) is 21.8 Å². The highest BCUT2D eigenvalue weighted by Gasteiger charge is 2.26. The zero-order valence-corrected chi connectivity index (χ0v) is 18.3. The molecule has 4 nitrogen and oxygen atoms in total. The van der Waals surface area contributed by atoms with Crippen molar-refractivity contribution < 1.29 is 4.39 Å². The molecule has 0 bridgehead atoms. The van der Waals surface area contributed by atoms with E-state index in [0.29, 0.717) is 5.95 Å². The molecule has 1 aromatic heterocycles. The normalized spacial score (nSPS) is 15.3. The minimum atomic E-state index is -0.251. The van der Waals surface area contributed by atoms with Crippen LogP contribution in [0.25, 0.3) is 10.9 Å². The molecule has 0 saturated heterocycles. The Balaban J connectivity index is 0.00000231. The van der Waals surface area contributed by atoms with Crippen LogP contribution < -0.4 is 10.2 Å². The third kappa shape index (κ3) is 3.93. The average Bonchev–Trinajstić information content (AvgIpc) is 2.76. The van der Waals surface area contributed by atoms with Crippen molar-refractivity contribution in [2.75, 3.05) is 16.8 Å². The Bertz CT molecular complexity index is 1240. The summed E-state index contributed by atoms with van der Waals surface area (Å²) in [5.74, 6) is 1.19. The summed E-state index contributed by atoms with van der Waals surface area (Å²) in [6, 6.07) is 21.6. The van der Waals surface area contributed by atoms with Gasteiger partial charge in [0.25, 0.3) is 0 Å². The van der Waals surface area contributed by atoms with E-state index in [9.17, 15) is 4.39 Å². The molecule has 1 aliphatic heterocycles. The summed E-state index contributed by atoms with van der Waals surface area (Å²) in [7, 11) is 0. The number of nitrogens with one attached hydrogen (secondary N) is 1. The molecule has 31 heavy (non-hydrogen) atoms. The van der Waals surface area contributed by atoms with Crippen molar-refractivity contribution in [2.45, 2.75) is 26.3 Å². The van der Waals surface area contributed by atoms with Crippen molar-refractivity contribution in [3.8, 4) is 0 Å². The zero-order chi connectivity index (χ0) is 20.7. The maximum atomic E-state index is 13.5. The van der Waals surface area contributed by atoms with E-state index >= 15 is 0 Å².